The number of rotatable bonds is 1. The molecule has 0 amide bonds. The first-order valence-electron chi connectivity index (χ1n) is 9.31. The quantitative estimate of drug-likeness (QED) is 0.558. The standard InChI is InChI=1S/C19H32O3/c1-16-7-4-8-18(3,22-21)14(16)6-10-19-9-5-13(11-15(16)19)17(2,20)12-19/h13-15,20-21H,4-12H2,1-3H3/t13-,14-,15+,16+,17-,18+,19+/m0/s1. The summed E-state index contributed by atoms with van der Waals surface area (Å²) >= 11 is 0. The fraction of sp³-hybridized carbons (Fsp3) is 1.00. The van der Waals surface area contributed by atoms with Crippen LogP contribution >= 0.6 is 0 Å². The summed E-state index contributed by atoms with van der Waals surface area (Å²) in [5, 5.41) is 20.4. The molecule has 2 bridgehead atoms. The van der Waals surface area contributed by atoms with Crippen molar-refractivity contribution in [2.24, 2.45) is 28.6 Å². The van der Waals surface area contributed by atoms with Crippen LogP contribution in [0.4, 0.5) is 0 Å². The van der Waals surface area contributed by atoms with Crippen molar-refractivity contribution >= 4 is 0 Å². The van der Waals surface area contributed by atoms with Gasteiger partial charge in [-0.25, -0.2) is 4.89 Å². The van der Waals surface area contributed by atoms with E-state index in [4.69, 9.17) is 4.89 Å². The van der Waals surface area contributed by atoms with E-state index in [9.17, 15) is 10.4 Å². The zero-order chi connectivity index (χ0) is 15.8. The molecule has 0 aromatic heterocycles. The van der Waals surface area contributed by atoms with E-state index < -0.39 is 5.60 Å². The molecule has 0 aromatic carbocycles. The fourth-order valence-electron chi connectivity index (χ4n) is 7.74. The van der Waals surface area contributed by atoms with Crippen molar-refractivity contribution in [3.8, 4) is 0 Å². The molecule has 0 heterocycles. The van der Waals surface area contributed by atoms with Gasteiger partial charge in [0.25, 0.3) is 0 Å². The maximum absolute atomic E-state index is 10.9. The highest BCUT2D eigenvalue weighted by Gasteiger charge is 2.66. The van der Waals surface area contributed by atoms with Gasteiger partial charge in [-0.2, -0.15) is 0 Å². The van der Waals surface area contributed by atoms with Crippen LogP contribution in [0.2, 0.25) is 0 Å². The van der Waals surface area contributed by atoms with Crippen LogP contribution in [-0.4, -0.2) is 21.6 Å². The first-order chi connectivity index (χ1) is 10.3. The predicted molar refractivity (Wildman–Crippen MR) is 85.3 cm³/mol. The van der Waals surface area contributed by atoms with Crippen LogP contribution in [0.1, 0.15) is 78.6 Å². The molecule has 0 radical (unpaired) electrons. The van der Waals surface area contributed by atoms with Crippen LogP contribution < -0.4 is 0 Å². The van der Waals surface area contributed by atoms with Crippen LogP contribution in [0.25, 0.3) is 0 Å². The second-order valence-corrected chi connectivity index (χ2v) is 9.77. The SMILES string of the molecule is C[C@@]12CCC[C@@](C)(OO)[C@H]1CC[C@@]13CC[C@@H](C[C@@H]12)[C@@](C)(O)C3. The topological polar surface area (TPSA) is 49.7 Å². The third kappa shape index (κ3) is 1.79. The van der Waals surface area contributed by atoms with E-state index in [-0.39, 0.29) is 11.0 Å². The Hall–Kier alpha value is -0.120. The second-order valence-electron chi connectivity index (χ2n) is 9.77. The van der Waals surface area contributed by atoms with Crippen molar-refractivity contribution in [2.75, 3.05) is 0 Å². The number of hydrogen-bond donors (Lipinski definition) is 2. The molecule has 22 heavy (non-hydrogen) atoms. The van der Waals surface area contributed by atoms with Crippen LogP contribution in [-0.2, 0) is 4.89 Å². The summed E-state index contributed by atoms with van der Waals surface area (Å²) in [6, 6.07) is 0. The lowest BCUT2D eigenvalue weighted by atomic mass is 9.37. The van der Waals surface area contributed by atoms with Crippen LogP contribution in [0.3, 0.4) is 0 Å². The average molecular weight is 308 g/mol. The molecule has 0 unspecified atom stereocenters. The minimum atomic E-state index is -0.455. The van der Waals surface area contributed by atoms with Gasteiger partial charge in [-0.1, -0.05) is 6.92 Å². The number of hydrogen-bond acceptors (Lipinski definition) is 3. The lowest BCUT2D eigenvalue weighted by Gasteiger charge is -2.69. The first-order valence-corrected chi connectivity index (χ1v) is 9.31. The molecule has 5 saturated carbocycles. The first kappa shape index (κ1) is 15.4. The van der Waals surface area contributed by atoms with E-state index in [2.05, 4.69) is 20.8 Å². The highest BCUT2D eigenvalue weighted by atomic mass is 17.1. The molecule has 5 rings (SSSR count). The van der Waals surface area contributed by atoms with Crippen molar-refractivity contribution in [1.82, 2.24) is 0 Å². The molecule has 126 valence electrons. The Labute approximate surface area is 134 Å². The van der Waals surface area contributed by atoms with Crippen molar-refractivity contribution in [1.29, 1.82) is 0 Å². The van der Waals surface area contributed by atoms with Gasteiger partial charge in [0.1, 0.15) is 5.60 Å². The Morgan fingerprint density at radius 3 is 2.36 bits per heavy atom. The highest BCUT2D eigenvalue weighted by molar-refractivity contribution is 5.16. The molecule has 3 heteroatoms. The molecule has 0 saturated heterocycles. The molecule has 0 aromatic rings. The molecular weight excluding hydrogens is 276 g/mol. The Balaban J connectivity index is 1.73. The largest absolute Gasteiger partial charge is 0.390 e. The summed E-state index contributed by atoms with van der Waals surface area (Å²) < 4.78 is 0. The summed E-state index contributed by atoms with van der Waals surface area (Å²) in [6.07, 6.45) is 10.4. The smallest absolute Gasteiger partial charge is 0.104 e. The van der Waals surface area contributed by atoms with Crippen molar-refractivity contribution in [3.05, 3.63) is 0 Å². The maximum Gasteiger partial charge on any atom is 0.104 e. The van der Waals surface area contributed by atoms with Gasteiger partial charge in [-0.05, 0) is 100 Å². The Kier molecular flexibility index (Phi) is 3.14. The molecule has 5 aliphatic carbocycles. The van der Waals surface area contributed by atoms with Gasteiger partial charge in [-0.15, -0.1) is 0 Å². The minimum Gasteiger partial charge on any atom is -0.390 e. The summed E-state index contributed by atoms with van der Waals surface area (Å²) in [4.78, 5) is 5.06. The molecule has 3 nitrogen and oxygen atoms in total. The molecule has 5 fully saturated rings. The lowest BCUT2D eigenvalue weighted by molar-refractivity contribution is -0.363. The van der Waals surface area contributed by atoms with Gasteiger partial charge in [0, 0.05) is 0 Å². The Bertz CT molecular complexity index is 475. The van der Waals surface area contributed by atoms with Gasteiger partial charge in [-0.3, -0.25) is 5.26 Å². The van der Waals surface area contributed by atoms with E-state index in [1.54, 1.807) is 0 Å². The van der Waals surface area contributed by atoms with Gasteiger partial charge < -0.3 is 5.11 Å². The Morgan fingerprint density at radius 2 is 1.68 bits per heavy atom. The zero-order valence-electron chi connectivity index (χ0n) is 14.4. The third-order valence-corrected chi connectivity index (χ3v) is 8.70. The molecule has 5 aliphatic rings. The second kappa shape index (κ2) is 4.49. The molecule has 7 atom stereocenters. The monoisotopic (exact) mass is 308 g/mol. The van der Waals surface area contributed by atoms with Crippen LogP contribution in [0.15, 0.2) is 0 Å². The summed E-state index contributed by atoms with van der Waals surface area (Å²) in [6.45, 7) is 6.66. The highest BCUT2D eigenvalue weighted by Crippen LogP contribution is 2.71. The van der Waals surface area contributed by atoms with E-state index in [1.165, 1.54) is 32.1 Å². The molecule has 0 aliphatic heterocycles. The lowest BCUT2D eigenvalue weighted by Crippen LogP contribution is -2.65. The maximum atomic E-state index is 10.9. The van der Waals surface area contributed by atoms with E-state index in [0.29, 0.717) is 23.2 Å². The normalized spacial score (nSPS) is 60.7. The van der Waals surface area contributed by atoms with E-state index in [1.807, 2.05) is 0 Å². The van der Waals surface area contributed by atoms with Crippen molar-refractivity contribution in [3.63, 3.8) is 0 Å². The molecular formula is C19H32O3. The number of aliphatic hydroxyl groups is 1. The average Bonchev–Trinajstić information content (AvgIpc) is 2.45. The van der Waals surface area contributed by atoms with Crippen molar-refractivity contribution in [2.45, 2.75) is 89.8 Å². The number of fused-ring (bicyclic) bond motifs is 3. The Morgan fingerprint density at radius 1 is 0.955 bits per heavy atom. The van der Waals surface area contributed by atoms with E-state index >= 15 is 0 Å². The zero-order valence-corrected chi connectivity index (χ0v) is 14.4. The summed E-state index contributed by atoms with van der Waals surface area (Å²) in [5.74, 6) is 1.63. The van der Waals surface area contributed by atoms with Crippen molar-refractivity contribution < 1.29 is 15.3 Å². The van der Waals surface area contributed by atoms with Gasteiger partial charge in [0.2, 0.25) is 0 Å². The molecule has 1 spiro atoms. The van der Waals surface area contributed by atoms with E-state index in [0.717, 1.165) is 25.7 Å². The molecule has 2 N–H and O–H groups in total. The fourth-order valence-corrected chi connectivity index (χ4v) is 7.74. The summed E-state index contributed by atoms with van der Waals surface area (Å²) in [7, 11) is 0. The van der Waals surface area contributed by atoms with Crippen LogP contribution in [0, 0.1) is 28.6 Å². The summed E-state index contributed by atoms with van der Waals surface area (Å²) in [5.41, 5.74) is -0.211. The predicted octanol–water partition coefficient (Wildman–Crippen LogP) is 4.39. The van der Waals surface area contributed by atoms with Crippen LogP contribution in [0.5, 0.6) is 0 Å². The minimum absolute atomic E-state index is 0.267. The van der Waals surface area contributed by atoms with Gasteiger partial charge >= 0.3 is 0 Å². The van der Waals surface area contributed by atoms with Gasteiger partial charge in [0.15, 0.2) is 0 Å². The third-order valence-electron chi connectivity index (χ3n) is 8.70. The van der Waals surface area contributed by atoms with Gasteiger partial charge in [0.05, 0.1) is 5.60 Å².